The van der Waals surface area contributed by atoms with Crippen LogP contribution >= 0.6 is 35.6 Å². The van der Waals surface area contributed by atoms with Crippen LogP contribution in [0.4, 0.5) is 0 Å². The third kappa shape index (κ3) is 5.13. The third-order valence-electron chi connectivity index (χ3n) is 3.35. The highest BCUT2D eigenvalue weighted by molar-refractivity contribution is 6.35. The van der Waals surface area contributed by atoms with Gasteiger partial charge in [-0.05, 0) is 43.5 Å². The van der Waals surface area contributed by atoms with Gasteiger partial charge in [0.25, 0.3) is 0 Å². The molecule has 1 aliphatic rings. The molecule has 1 atom stereocenters. The highest BCUT2D eigenvalue weighted by atomic mass is 35.5. The number of hydrogen-bond acceptors (Lipinski definition) is 2. The molecule has 1 unspecified atom stereocenters. The zero-order valence-corrected chi connectivity index (χ0v) is 13.5. The van der Waals surface area contributed by atoms with Crippen molar-refractivity contribution in [1.82, 2.24) is 10.6 Å². The largest absolute Gasteiger partial charge is 0.356 e. The van der Waals surface area contributed by atoms with E-state index in [-0.39, 0.29) is 18.3 Å². The summed E-state index contributed by atoms with van der Waals surface area (Å²) >= 11 is 12.2. The van der Waals surface area contributed by atoms with Gasteiger partial charge in [-0.3, -0.25) is 4.79 Å². The Kier molecular flexibility index (Phi) is 7.67. The van der Waals surface area contributed by atoms with Crippen LogP contribution in [0.25, 0.3) is 0 Å². The summed E-state index contributed by atoms with van der Waals surface area (Å²) < 4.78 is 0. The Morgan fingerprint density at radius 2 is 2.05 bits per heavy atom. The Hall–Kier alpha value is -0.480. The molecule has 6 heteroatoms. The maximum Gasteiger partial charge on any atom is 0.221 e. The molecule has 0 aromatic heterocycles. The monoisotopic (exact) mass is 336 g/mol. The zero-order valence-electron chi connectivity index (χ0n) is 11.1. The first-order valence-corrected chi connectivity index (χ1v) is 7.35. The van der Waals surface area contributed by atoms with Crippen molar-refractivity contribution in [3.63, 3.8) is 0 Å². The van der Waals surface area contributed by atoms with Crippen LogP contribution < -0.4 is 10.6 Å². The van der Waals surface area contributed by atoms with Crippen molar-refractivity contribution in [2.45, 2.75) is 31.7 Å². The fourth-order valence-corrected chi connectivity index (χ4v) is 2.91. The average Bonchev–Trinajstić information content (AvgIpc) is 2.85. The molecular formula is C14H19Cl3N2O. The molecule has 0 saturated carbocycles. The average molecular weight is 338 g/mol. The number of carbonyl (C=O) groups is 1. The van der Waals surface area contributed by atoms with Crippen molar-refractivity contribution >= 4 is 41.5 Å². The van der Waals surface area contributed by atoms with E-state index in [1.165, 1.54) is 0 Å². The molecule has 0 bridgehead atoms. The summed E-state index contributed by atoms with van der Waals surface area (Å²) in [5.74, 6) is 0.0857. The van der Waals surface area contributed by atoms with Crippen LogP contribution in [0, 0.1) is 0 Å². The molecule has 1 fully saturated rings. The second-order valence-electron chi connectivity index (χ2n) is 4.80. The Labute approximate surface area is 135 Å². The summed E-state index contributed by atoms with van der Waals surface area (Å²) in [5, 5.41) is 7.53. The van der Waals surface area contributed by atoms with Gasteiger partial charge in [0.2, 0.25) is 5.91 Å². The Morgan fingerprint density at radius 3 is 2.65 bits per heavy atom. The summed E-state index contributed by atoms with van der Waals surface area (Å²) in [6, 6.07) is 5.78. The molecule has 0 aliphatic carbocycles. The third-order valence-corrected chi connectivity index (χ3v) is 4.06. The maximum atomic E-state index is 11.7. The highest BCUT2D eigenvalue weighted by Crippen LogP contribution is 2.24. The second kappa shape index (κ2) is 8.73. The van der Waals surface area contributed by atoms with E-state index in [9.17, 15) is 4.79 Å². The SMILES string of the molecule is Cl.O=C(CC1CCCN1)NCCc1c(Cl)cccc1Cl. The van der Waals surface area contributed by atoms with Crippen LogP contribution in [0.1, 0.15) is 24.8 Å². The molecule has 0 spiro atoms. The molecular weight excluding hydrogens is 319 g/mol. The molecule has 1 aliphatic heterocycles. The first kappa shape index (κ1) is 17.6. The van der Waals surface area contributed by atoms with E-state index in [1.54, 1.807) is 0 Å². The summed E-state index contributed by atoms with van der Waals surface area (Å²) in [6.45, 7) is 1.59. The van der Waals surface area contributed by atoms with Crippen LogP contribution in [0.15, 0.2) is 18.2 Å². The highest BCUT2D eigenvalue weighted by Gasteiger charge is 2.17. The van der Waals surface area contributed by atoms with Crippen molar-refractivity contribution in [1.29, 1.82) is 0 Å². The van der Waals surface area contributed by atoms with E-state index in [4.69, 9.17) is 23.2 Å². The summed E-state index contributed by atoms with van der Waals surface area (Å²) in [5.41, 5.74) is 0.894. The summed E-state index contributed by atoms with van der Waals surface area (Å²) in [6.07, 6.45) is 3.45. The molecule has 2 rings (SSSR count). The molecule has 1 amide bonds. The smallest absolute Gasteiger partial charge is 0.221 e. The number of nitrogens with one attached hydrogen (secondary N) is 2. The normalized spacial score (nSPS) is 17.6. The van der Waals surface area contributed by atoms with Gasteiger partial charge in [0.15, 0.2) is 0 Å². The van der Waals surface area contributed by atoms with Crippen molar-refractivity contribution in [3.05, 3.63) is 33.8 Å². The quantitative estimate of drug-likeness (QED) is 0.866. The minimum absolute atomic E-state index is 0. The lowest BCUT2D eigenvalue weighted by molar-refractivity contribution is -0.121. The Morgan fingerprint density at radius 1 is 1.35 bits per heavy atom. The number of rotatable bonds is 5. The van der Waals surface area contributed by atoms with E-state index in [2.05, 4.69) is 10.6 Å². The molecule has 1 aromatic rings. The van der Waals surface area contributed by atoms with E-state index < -0.39 is 0 Å². The molecule has 1 heterocycles. The number of benzene rings is 1. The van der Waals surface area contributed by atoms with Gasteiger partial charge >= 0.3 is 0 Å². The molecule has 1 saturated heterocycles. The van der Waals surface area contributed by atoms with Gasteiger partial charge < -0.3 is 10.6 Å². The number of hydrogen-bond donors (Lipinski definition) is 2. The molecule has 0 radical (unpaired) electrons. The van der Waals surface area contributed by atoms with Crippen molar-refractivity contribution < 1.29 is 4.79 Å². The number of halogens is 3. The van der Waals surface area contributed by atoms with Gasteiger partial charge in [0.05, 0.1) is 0 Å². The Balaban J connectivity index is 0.00000200. The maximum absolute atomic E-state index is 11.7. The van der Waals surface area contributed by atoms with Gasteiger partial charge in [-0.1, -0.05) is 29.3 Å². The van der Waals surface area contributed by atoms with Crippen molar-refractivity contribution in [2.24, 2.45) is 0 Å². The van der Waals surface area contributed by atoms with Gasteiger partial charge in [-0.2, -0.15) is 0 Å². The predicted molar refractivity (Wildman–Crippen MR) is 86.1 cm³/mol. The van der Waals surface area contributed by atoms with E-state index in [0.29, 0.717) is 35.5 Å². The van der Waals surface area contributed by atoms with Gasteiger partial charge in [-0.15, -0.1) is 12.4 Å². The first-order chi connectivity index (χ1) is 9.16. The molecule has 1 aromatic carbocycles. The van der Waals surface area contributed by atoms with Crippen LogP contribution in [0.3, 0.4) is 0 Å². The number of carbonyl (C=O) groups excluding carboxylic acids is 1. The fraction of sp³-hybridized carbons (Fsp3) is 0.500. The van der Waals surface area contributed by atoms with Crippen LogP contribution in [0.2, 0.25) is 10.0 Å². The summed E-state index contributed by atoms with van der Waals surface area (Å²) in [7, 11) is 0. The minimum atomic E-state index is 0. The van der Waals surface area contributed by atoms with E-state index in [1.807, 2.05) is 18.2 Å². The lowest BCUT2D eigenvalue weighted by Gasteiger charge is -2.11. The topological polar surface area (TPSA) is 41.1 Å². The number of amides is 1. The van der Waals surface area contributed by atoms with Gasteiger partial charge in [0, 0.05) is 29.1 Å². The lowest BCUT2D eigenvalue weighted by atomic mass is 10.1. The van der Waals surface area contributed by atoms with Crippen LogP contribution in [-0.2, 0) is 11.2 Å². The Bertz CT molecular complexity index is 428. The minimum Gasteiger partial charge on any atom is -0.356 e. The van der Waals surface area contributed by atoms with E-state index in [0.717, 1.165) is 24.9 Å². The van der Waals surface area contributed by atoms with Crippen LogP contribution in [0.5, 0.6) is 0 Å². The second-order valence-corrected chi connectivity index (χ2v) is 5.61. The molecule has 112 valence electrons. The van der Waals surface area contributed by atoms with Crippen molar-refractivity contribution in [3.8, 4) is 0 Å². The molecule has 20 heavy (non-hydrogen) atoms. The summed E-state index contributed by atoms with van der Waals surface area (Å²) in [4.78, 5) is 11.7. The fourth-order valence-electron chi connectivity index (χ4n) is 2.32. The van der Waals surface area contributed by atoms with Crippen LogP contribution in [-0.4, -0.2) is 25.0 Å². The van der Waals surface area contributed by atoms with Gasteiger partial charge in [0.1, 0.15) is 0 Å². The predicted octanol–water partition coefficient (Wildman–Crippen LogP) is 3.22. The first-order valence-electron chi connectivity index (χ1n) is 6.60. The van der Waals surface area contributed by atoms with Crippen molar-refractivity contribution in [2.75, 3.05) is 13.1 Å². The standard InChI is InChI=1S/C14H18Cl2N2O.ClH/c15-12-4-1-5-13(16)11(12)6-8-18-14(19)9-10-3-2-7-17-10;/h1,4-5,10,17H,2-3,6-9H2,(H,18,19);1H. The lowest BCUT2D eigenvalue weighted by Crippen LogP contribution is -2.32. The molecule has 3 nitrogen and oxygen atoms in total. The molecule has 2 N–H and O–H groups in total. The van der Waals surface area contributed by atoms with E-state index >= 15 is 0 Å². The zero-order chi connectivity index (χ0) is 13.7. The van der Waals surface area contributed by atoms with Gasteiger partial charge in [-0.25, -0.2) is 0 Å².